The van der Waals surface area contributed by atoms with Gasteiger partial charge >= 0.3 is 0 Å². The molecule has 1 N–H and O–H groups in total. The molecule has 0 bridgehead atoms. The number of nitrogens with one attached hydrogen (secondary N) is 1. The predicted octanol–water partition coefficient (Wildman–Crippen LogP) is 4.73. The van der Waals surface area contributed by atoms with Gasteiger partial charge in [-0.2, -0.15) is 0 Å². The van der Waals surface area contributed by atoms with E-state index in [2.05, 4.69) is 25.2 Å². The molecule has 1 aromatic heterocycles. The monoisotopic (exact) mass is 263 g/mol. The van der Waals surface area contributed by atoms with E-state index in [1.165, 1.54) is 0 Å². The van der Waals surface area contributed by atoms with Crippen LogP contribution in [0.2, 0.25) is 5.02 Å². The minimum absolute atomic E-state index is 0.189. The molecule has 1 heterocycles. The Morgan fingerprint density at radius 3 is 2.61 bits per heavy atom. The van der Waals surface area contributed by atoms with Crippen LogP contribution in [0.25, 0.3) is 0 Å². The molecule has 0 aliphatic rings. The summed E-state index contributed by atoms with van der Waals surface area (Å²) >= 11 is 6.21. The van der Waals surface area contributed by atoms with Gasteiger partial charge < -0.3 is 9.73 Å². The van der Waals surface area contributed by atoms with Crippen LogP contribution in [0.15, 0.2) is 47.1 Å². The molecule has 2 rings (SSSR count). The number of hydrogen-bond donors (Lipinski definition) is 1. The molecule has 0 aliphatic carbocycles. The Morgan fingerprint density at radius 1 is 1.22 bits per heavy atom. The zero-order chi connectivity index (χ0) is 13.0. The van der Waals surface area contributed by atoms with Crippen molar-refractivity contribution < 1.29 is 4.42 Å². The van der Waals surface area contributed by atoms with Gasteiger partial charge in [0.2, 0.25) is 0 Å². The van der Waals surface area contributed by atoms with E-state index in [4.69, 9.17) is 16.0 Å². The number of hydrogen-bond acceptors (Lipinski definition) is 2. The van der Waals surface area contributed by atoms with Gasteiger partial charge in [-0.05, 0) is 37.1 Å². The molecule has 2 aromatic rings. The fourth-order valence-electron chi connectivity index (χ4n) is 2.11. The molecule has 1 unspecified atom stereocenters. The Balaban J connectivity index is 2.11. The molecular formula is C15H18ClNO. The Kier molecular flexibility index (Phi) is 4.45. The van der Waals surface area contributed by atoms with E-state index in [0.717, 1.165) is 22.8 Å². The molecule has 0 radical (unpaired) electrons. The maximum atomic E-state index is 6.21. The summed E-state index contributed by atoms with van der Waals surface area (Å²) in [7, 11) is 0. The lowest BCUT2D eigenvalue weighted by Gasteiger charge is -2.21. The van der Waals surface area contributed by atoms with E-state index >= 15 is 0 Å². The average Bonchev–Trinajstić information content (AvgIpc) is 2.90. The highest BCUT2D eigenvalue weighted by atomic mass is 35.5. The Morgan fingerprint density at radius 2 is 2.00 bits per heavy atom. The maximum absolute atomic E-state index is 6.21. The lowest BCUT2D eigenvalue weighted by molar-refractivity contribution is 0.376. The van der Waals surface area contributed by atoms with Crippen molar-refractivity contribution in [1.29, 1.82) is 0 Å². The lowest BCUT2D eigenvalue weighted by atomic mass is 10.1. The molecule has 0 aliphatic heterocycles. The summed E-state index contributed by atoms with van der Waals surface area (Å²) in [5.74, 6) is 0.969. The highest BCUT2D eigenvalue weighted by Gasteiger charge is 2.17. The fraction of sp³-hybridized carbons (Fsp3) is 0.333. The third-order valence-electron chi connectivity index (χ3n) is 3.12. The topological polar surface area (TPSA) is 25.2 Å². The quantitative estimate of drug-likeness (QED) is 0.843. The number of rotatable bonds is 5. The van der Waals surface area contributed by atoms with Gasteiger partial charge in [-0.3, -0.25) is 0 Å². The summed E-state index contributed by atoms with van der Waals surface area (Å²) in [6, 6.07) is 12.2. The fourth-order valence-corrected chi connectivity index (χ4v) is 2.41. The second-order valence-electron chi connectivity index (χ2n) is 4.39. The van der Waals surface area contributed by atoms with Crippen molar-refractivity contribution in [3.8, 4) is 0 Å². The van der Waals surface area contributed by atoms with Crippen LogP contribution in [0.4, 0.5) is 0 Å². The van der Waals surface area contributed by atoms with Gasteiger partial charge in [0.1, 0.15) is 5.76 Å². The van der Waals surface area contributed by atoms with Crippen molar-refractivity contribution >= 4 is 11.6 Å². The molecule has 2 nitrogen and oxygen atoms in total. The molecular weight excluding hydrogens is 246 g/mol. The van der Waals surface area contributed by atoms with Crippen molar-refractivity contribution in [2.75, 3.05) is 0 Å². The van der Waals surface area contributed by atoms with Gasteiger partial charge in [0.25, 0.3) is 0 Å². The first-order valence-electron chi connectivity index (χ1n) is 6.26. The van der Waals surface area contributed by atoms with Crippen molar-refractivity contribution in [3.05, 3.63) is 59.0 Å². The van der Waals surface area contributed by atoms with E-state index in [-0.39, 0.29) is 12.1 Å². The second kappa shape index (κ2) is 6.07. The third kappa shape index (κ3) is 2.95. The Hall–Kier alpha value is -1.25. The van der Waals surface area contributed by atoms with Gasteiger partial charge in [0, 0.05) is 11.1 Å². The van der Waals surface area contributed by atoms with Gasteiger partial charge in [0.15, 0.2) is 0 Å². The van der Waals surface area contributed by atoms with E-state index in [0.29, 0.717) is 0 Å². The smallest absolute Gasteiger partial charge is 0.120 e. The van der Waals surface area contributed by atoms with Gasteiger partial charge in [0.05, 0.1) is 12.3 Å². The van der Waals surface area contributed by atoms with Gasteiger partial charge in [-0.15, -0.1) is 0 Å². The van der Waals surface area contributed by atoms with Crippen LogP contribution in [0.1, 0.15) is 43.7 Å². The van der Waals surface area contributed by atoms with Crippen LogP contribution in [-0.4, -0.2) is 0 Å². The average molecular weight is 264 g/mol. The molecule has 0 fully saturated rings. The number of furan rings is 1. The van der Waals surface area contributed by atoms with E-state index in [1.54, 1.807) is 6.26 Å². The van der Waals surface area contributed by atoms with Crippen molar-refractivity contribution in [3.63, 3.8) is 0 Å². The zero-order valence-electron chi connectivity index (χ0n) is 10.7. The van der Waals surface area contributed by atoms with Crippen LogP contribution in [0.5, 0.6) is 0 Å². The molecule has 0 spiro atoms. The normalized spacial score (nSPS) is 14.4. The third-order valence-corrected chi connectivity index (χ3v) is 3.46. The lowest BCUT2D eigenvalue weighted by Crippen LogP contribution is -2.24. The molecule has 0 amide bonds. The Bertz CT molecular complexity index is 481. The minimum atomic E-state index is 0.189. The van der Waals surface area contributed by atoms with E-state index < -0.39 is 0 Å². The van der Waals surface area contributed by atoms with E-state index in [9.17, 15) is 0 Å². The first kappa shape index (κ1) is 13.2. The summed E-state index contributed by atoms with van der Waals surface area (Å²) < 4.78 is 5.46. The van der Waals surface area contributed by atoms with E-state index in [1.807, 2.05) is 30.3 Å². The van der Waals surface area contributed by atoms with Gasteiger partial charge in [-0.1, -0.05) is 36.7 Å². The largest absolute Gasteiger partial charge is 0.468 e. The van der Waals surface area contributed by atoms with Crippen LogP contribution >= 0.6 is 11.6 Å². The maximum Gasteiger partial charge on any atom is 0.120 e. The van der Waals surface area contributed by atoms with Gasteiger partial charge in [-0.25, -0.2) is 0 Å². The summed E-state index contributed by atoms with van der Waals surface area (Å²) in [5, 5.41) is 4.35. The number of benzene rings is 1. The zero-order valence-corrected chi connectivity index (χ0v) is 11.4. The highest BCUT2D eigenvalue weighted by molar-refractivity contribution is 6.31. The number of halogens is 1. The van der Waals surface area contributed by atoms with Crippen LogP contribution in [-0.2, 0) is 0 Å². The van der Waals surface area contributed by atoms with Crippen LogP contribution in [0, 0.1) is 0 Å². The van der Waals surface area contributed by atoms with Crippen molar-refractivity contribution in [2.45, 2.75) is 32.4 Å². The predicted molar refractivity (Wildman–Crippen MR) is 74.7 cm³/mol. The first-order valence-corrected chi connectivity index (χ1v) is 6.64. The van der Waals surface area contributed by atoms with Crippen molar-refractivity contribution in [1.82, 2.24) is 5.32 Å². The van der Waals surface area contributed by atoms with Crippen molar-refractivity contribution in [2.24, 2.45) is 0 Å². The standard InChI is InChI=1S/C15H18ClNO/c1-3-14(15-9-6-10-18-15)17-11(2)12-7-4-5-8-13(12)16/h4-11,14,17H,3H2,1-2H3/t11-,14?/m0/s1. The molecule has 0 saturated heterocycles. The first-order chi connectivity index (χ1) is 8.72. The van der Waals surface area contributed by atoms with Crippen LogP contribution in [0.3, 0.4) is 0 Å². The minimum Gasteiger partial charge on any atom is -0.468 e. The second-order valence-corrected chi connectivity index (χ2v) is 4.79. The highest BCUT2D eigenvalue weighted by Crippen LogP contribution is 2.26. The Labute approximate surface area is 113 Å². The molecule has 3 heteroatoms. The molecule has 0 saturated carbocycles. The summed E-state index contributed by atoms with van der Waals surface area (Å²) in [4.78, 5) is 0. The summed E-state index contributed by atoms with van der Waals surface area (Å²) in [6.45, 7) is 4.26. The summed E-state index contributed by atoms with van der Waals surface area (Å²) in [6.07, 6.45) is 2.68. The molecule has 2 atom stereocenters. The molecule has 18 heavy (non-hydrogen) atoms. The molecule has 96 valence electrons. The van der Waals surface area contributed by atoms with Crippen LogP contribution < -0.4 is 5.32 Å². The summed E-state index contributed by atoms with van der Waals surface area (Å²) in [5.41, 5.74) is 1.11. The SMILES string of the molecule is CCC(N[C@@H](C)c1ccccc1Cl)c1ccco1. The molecule has 1 aromatic carbocycles.